The van der Waals surface area contributed by atoms with Gasteiger partial charge in [-0.3, -0.25) is 9.59 Å². The zero-order chi connectivity index (χ0) is 8.85. The molecule has 0 saturated carbocycles. The van der Waals surface area contributed by atoms with Crippen LogP contribution in [-0.2, 0) is 9.59 Å². The van der Waals surface area contributed by atoms with Crippen molar-refractivity contribution in [2.24, 2.45) is 0 Å². The highest BCUT2D eigenvalue weighted by Crippen LogP contribution is 2.00. The summed E-state index contributed by atoms with van der Waals surface area (Å²) in [6.07, 6.45) is -1.66. The van der Waals surface area contributed by atoms with Gasteiger partial charge in [0, 0.05) is 6.42 Å². The summed E-state index contributed by atoms with van der Waals surface area (Å²) < 4.78 is 0. The number of aliphatic hydroxyl groups is 1. The van der Waals surface area contributed by atoms with E-state index in [4.69, 9.17) is 15.3 Å². The van der Waals surface area contributed by atoms with Gasteiger partial charge in [0.2, 0.25) is 0 Å². The van der Waals surface area contributed by atoms with Gasteiger partial charge in [-0.15, -0.1) is 0 Å². The molecule has 0 aromatic carbocycles. The van der Waals surface area contributed by atoms with Gasteiger partial charge in [-0.25, -0.2) is 0 Å². The van der Waals surface area contributed by atoms with Crippen molar-refractivity contribution in [1.29, 1.82) is 0 Å². The van der Waals surface area contributed by atoms with E-state index in [1.165, 1.54) is 0 Å². The van der Waals surface area contributed by atoms with E-state index in [1.54, 1.807) is 0 Å². The molecule has 0 bridgehead atoms. The van der Waals surface area contributed by atoms with E-state index in [2.05, 4.69) is 0 Å². The van der Waals surface area contributed by atoms with Crippen LogP contribution in [0.5, 0.6) is 0 Å². The summed E-state index contributed by atoms with van der Waals surface area (Å²) in [5, 5.41) is 25.1. The van der Waals surface area contributed by atoms with E-state index >= 15 is 0 Å². The summed E-state index contributed by atoms with van der Waals surface area (Å²) in [5.41, 5.74) is 0. The van der Waals surface area contributed by atoms with Crippen molar-refractivity contribution >= 4 is 35.0 Å². The molecule has 3 N–H and O–H groups in total. The zero-order valence-corrected chi connectivity index (χ0v) is 5.86. The number of aliphatic carboxylic acids is 2. The second-order valence-electron chi connectivity index (χ2n) is 2.18. The topological polar surface area (TPSA) is 94.8 Å². The lowest BCUT2D eigenvalue weighted by Crippen LogP contribution is -2.14. The average Bonchev–Trinajstić information content (AvgIpc) is 1.82. The van der Waals surface area contributed by atoms with Crippen molar-refractivity contribution in [2.75, 3.05) is 0 Å². The van der Waals surface area contributed by atoms with Crippen LogP contribution in [0.1, 0.15) is 19.3 Å². The molecule has 0 aromatic rings. The quantitative estimate of drug-likeness (QED) is 0.470. The number of carboxylic acids is 2. The maximum atomic E-state index is 9.95. The van der Waals surface area contributed by atoms with Crippen LogP contribution >= 0.6 is 0 Å². The van der Waals surface area contributed by atoms with Gasteiger partial charge in [0.15, 0.2) is 0 Å². The molecular weight excluding hydrogens is 176 g/mol. The molecule has 68 valence electrons. The van der Waals surface area contributed by atoms with Crippen molar-refractivity contribution in [3.05, 3.63) is 0 Å². The first-order chi connectivity index (χ1) is 5.02. The minimum atomic E-state index is -1.12. The van der Waals surface area contributed by atoms with Crippen molar-refractivity contribution < 1.29 is 24.9 Å². The molecule has 12 heavy (non-hydrogen) atoms. The third-order valence-corrected chi connectivity index (χ3v) is 1.10. The maximum Gasteiger partial charge on any atom is 0.316 e. The first kappa shape index (κ1) is 14.2. The van der Waals surface area contributed by atoms with E-state index in [-0.39, 0.29) is 35.9 Å². The molecule has 5 nitrogen and oxygen atoms in total. The summed E-state index contributed by atoms with van der Waals surface area (Å²) >= 11 is 0. The van der Waals surface area contributed by atoms with Gasteiger partial charge in [-0.2, -0.15) is 0 Å². The predicted molar refractivity (Wildman–Crippen MR) is 43.7 cm³/mol. The molecule has 0 fully saturated rings. The molecule has 0 rings (SSSR count). The van der Waals surface area contributed by atoms with Crippen molar-refractivity contribution in [3.63, 3.8) is 0 Å². The van der Waals surface area contributed by atoms with E-state index in [0.717, 1.165) is 0 Å². The minimum absolute atomic E-state index is 0. The summed E-state index contributed by atoms with van der Waals surface area (Å²) in [6, 6.07) is 0. The van der Waals surface area contributed by atoms with E-state index in [0.29, 0.717) is 0 Å². The Balaban J connectivity index is 0. The number of carbonyl (C=O) groups is 2. The fourth-order valence-corrected chi connectivity index (χ4v) is 0.594. The highest BCUT2D eigenvalue weighted by atomic mass is 24.3. The van der Waals surface area contributed by atoms with Gasteiger partial charge < -0.3 is 15.3 Å². The molecule has 0 amide bonds. The Morgan fingerprint density at radius 1 is 1.17 bits per heavy atom. The Labute approximate surface area is 85.5 Å². The van der Waals surface area contributed by atoms with E-state index in [9.17, 15) is 9.59 Å². The number of rotatable bonds is 5. The largest absolute Gasteiger partial charge is 0.481 e. The van der Waals surface area contributed by atoms with Crippen LogP contribution in [0.2, 0.25) is 0 Å². The summed E-state index contributed by atoms with van der Waals surface area (Å²) in [7, 11) is 0. The fraction of sp³-hybridized carbons (Fsp3) is 0.667. The minimum Gasteiger partial charge on any atom is -0.481 e. The average molecular weight is 188 g/mol. The second-order valence-corrected chi connectivity index (χ2v) is 2.18. The van der Waals surface area contributed by atoms with Crippen LogP contribution < -0.4 is 0 Å². The summed E-state index contributed by atoms with van der Waals surface area (Å²) in [5.74, 6) is -2.16. The number of aliphatic hydroxyl groups excluding tert-OH is 1. The van der Waals surface area contributed by atoms with Gasteiger partial charge >= 0.3 is 35.0 Å². The molecule has 0 heterocycles. The highest BCUT2D eigenvalue weighted by Gasteiger charge is 2.10. The molecule has 0 spiro atoms. The standard InChI is InChI=1S/C6H10O5.Mg.2H/c7-4(3-6(10)11)1-2-5(8)9;;;/h4,7H,1-3H2,(H,8,9)(H,10,11);;;. The van der Waals surface area contributed by atoms with Gasteiger partial charge in [-0.05, 0) is 6.42 Å². The lowest BCUT2D eigenvalue weighted by molar-refractivity contribution is -0.141. The number of hydrogen-bond donors (Lipinski definition) is 3. The molecule has 0 aromatic heterocycles. The third-order valence-electron chi connectivity index (χ3n) is 1.10. The lowest BCUT2D eigenvalue weighted by atomic mass is 10.1. The Bertz CT molecular complexity index is 158. The highest BCUT2D eigenvalue weighted by molar-refractivity contribution is 5.75. The molecular formula is C6H12MgO5. The molecule has 6 heteroatoms. The Morgan fingerprint density at radius 2 is 1.67 bits per heavy atom. The van der Waals surface area contributed by atoms with E-state index < -0.39 is 24.5 Å². The van der Waals surface area contributed by atoms with Crippen LogP contribution in [0.25, 0.3) is 0 Å². The van der Waals surface area contributed by atoms with Crippen LogP contribution in [0, 0.1) is 0 Å². The summed E-state index contributed by atoms with van der Waals surface area (Å²) in [4.78, 5) is 19.9. The van der Waals surface area contributed by atoms with Crippen molar-refractivity contribution in [2.45, 2.75) is 25.4 Å². The zero-order valence-electron chi connectivity index (χ0n) is 5.86. The molecule has 0 aliphatic rings. The third kappa shape index (κ3) is 9.67. The monoisotopic (exact) mass is 188 g/mol. The van der Waals surface area contributed by atoms with Crippen LogP contribution in [0.4, 0.5) is 0 Å². The van der Waals surface area contributed by atoms with Crippen molar-refractivity contribution in [1.82, 2.24) is 0 Å². The van der Waals surface area contributed by atoms with Gasteiger partial charge in [0.25, 0.3) is 0 Å². The second kappa shape index (κ2) is 7.32. The van der Waals surface area contributed by atoms with Crippen LogP contribution in [0.15, 0.2) is 0 Å². The maximum absolute atomic E-state index is 9.95. The molecule has 0 radical (unpaired) electrons. The molecule has 0 aliphatic carbocycles. The predicted octanol–water partition coefficient (Wildman–Crippen LogP) is -1.23. The van der Waals surface area contributed by atoms with Crippen LogP contribution in [-0.4, -0.2) is 56.4 Å². The molecule has 1 unspecified atom stereocenters. The van der Waals surface area contributed by atoms with Gasteiger partial charge in [0.1, 0.15) is 0 Å². The number of carboxylic acid groups (broad SMARTS) is 2. The van der Waals surface area contributed by atoms with E-state index in [1.807, 2.05) is 0 Å². The first-order valence-corrected chi connectivity index (χ1v) is 3.14. The first-order valence-electron chi connectivity index (χ1n) is 3.14. The van der Waals surface area contributed by atoms with Gasteiger partial charge in [0.05, 0.1) is 12.5 Å². The SMILES string of the molecule is O=C(O)CCC(O)CC(=O)O.[MgH2]. The fourth-order valence-electron chi connectivity index (χ4n) is 0.594. The summed E-state index contributed by atoms with van der Waals surface area (Å²) in [6.45, 7) is 0. The number of hydrogen-bond acceptors (Lipinski definition) is 3. The van der Waals surface area contributed by atoms with Crippen molar-refractivity contribution in [3.8, 4) is 0 Å². The molecule has 0 saturated heterocycles. The molecule has 1 atom stereocenters. The lowest BCUT2D eigenvalue weighted by Gasteiger charge is -2.03. The Kier molecular flexibility index (Phi) is 8.67. The Morgan fingerprint density at radius 3 is 2.00 bits per heavy atom. The van der Waals surface area contributed by atoms with Gasteiger partial charge in [-0.1, -0.05) is 0 Å². The normalized spacial score (nSPS) is 11.4. The van der Waals surface area contributed by atoms with Crippen LogP contribution in [0.3, 0.4) is 0 Å². The Hall–Kier alpha value is -0.334. The molecule has 0 aliphatic heterocycles. The smallest absolute Gasteiger partial charge is 0.316 e.